The number of thiazole rings is 1. The predicted molar refractivity (Wildman–Crippen MR) is 138 cm³/mol. The van der Waals surface area contributed by atoms with Gasteiger partial charge in [-0.1, -0.05) is 13.3 Å². The normalized spacial score (nSPS) is 25.2. The van der Waals surface area contributed by atoms with Gasteiger partial charge in [0.25, 0.3) is 0 Å². The maximum Gasteiger partial charge on any atom is 0.225 e. The maximum atomic E-state index is 10.7. The maximum absolute atomic E-state index is 10.7. The third-order valence-corrected chi connectivity index (χ3v) is 8.26. The van der Waals surface area contributed by atoms with Gasteiger partial charge in [0.1, 0.15) is 22.4 Å². The van der Waals surface area contributed by atoms with Gasteiger partial charge in [0.2, 0.25) is 5.95 Å². The zero-order valence-electron chi connectivity index (χ0n) is 20.4. The third-order valence-electron chi connectivity index (χ3n) is 7.22. The molecule has 5 atom stereocenters. The summed E-state index contributed by atoms with van der Waals surface area (Å²) in [6.45, 7) is 6.05. The Kier molecular flexibility index (Phi) is 6.89. The SMILES string of the molecule is CCCc1nccc2sc(-c3c(C)nc(N[C@H](C)C4CC4)nc3N[C@@H]3C[C@H](CO)[C@@H](O)[C@H]3O)nc12. The number of fused-ring (bicyclic) bond motifs is 1. The Morgan fingerprint density at radius 2 is 1.97 bits per heavy atom. The monoisotopic (exact) mass is 498 g/mol. The molecule has 0 amide bonds. The van der Waals surface area contributed by atoms with Crippen molar-refractivity contribution in [2.45, 2.75) is 77.2 Å². The van der Waals surface area contributed by atoms with Crippen LogP contribution in [0.4, 0.5) is 11.8 Å². The fourth-order valence-electron chi connectivity index (χ4n) is 4.97. The summed E-state index contributed by atoms with van der Waals surface area (Å²) in [5.41, 5.74) is 3.45. The average molecular weight is 499 g/mol. The molecule has 2 saturated carbocycles. The number of aromatic nitrogens is 4. The van der Waals surface area contributed by atoms with Gasteiger partial charge in [-0.2, -0.15) is 4.98 Å². The van der Waals surface area contributed by atoms with Crippen molar-refractivity contribution in [3.63, 3.8) is 0 Å². The predicted octanol–water partition coefficient (Wildman–Crippen LogP) is 3.13. The fourth-order valence-corrected chi connectivity index (χ4v) is 6.06. The van der Waals surface area contributed by atoms with E-state index in [-0.39, 0.29) is 18.6 Å². The molecule has 0 saturated heterocycles. The first-order chi connectivity index (χ1) is 16.9. The molecule has 2 aliphatic carbocycles. The summed E-state index contributed by atoms with van der Waals surface area (Å²) in [6.07, 6.45) is 4.55. The lowest BCUT2D eigenvalue weighted by atomic mass is 10.1. The second-order valence-electron chi connectivity index (χ2n) is 9.91. The van der Waals surface area contributed by atoms with Crippen LogP contribution in [0, 0.1) is 18.8 Å². The minimum atomic E-state index is -1.01. The van der Waals surface area contributed by atoms with Gasteiger partial charge >= 0.3 is 0 Å². The van der Waals surface area contributed by atoms with Crippen molar-refractivity contribution in [1.82, 2.24) is 19.9 Å². The van der Waals surface area contributed by atoms with Crippen molar-refractivity contribution < 1.29 is 15.3 Å². The Bertz CT molecular complexity index is 1200. The highest BCUT2D eigenvalue weighted by Gasteiger charge is 2.41. The smallest absolute Gasteiger partial charge is 0.225 e. The molecule has 2 fully saturated rings. The minimum Gasteiger partial charge on any atom is -0.396 e. The van der Waals surface area contributed by atoms with Crippen LogP contribution in [0.15, 0.2) is 12.3 Å². The molecule has 5 rings (SSSR count). The van der Waals surface area contributed by atoms with Crippen LogP contribution < -0.4 is 10.6 Å². The topological polar surface area (TPSA) is 136 Å². The van der Waals surface area contributed by atoms with Crippen molar-refractivity contribution in [1.29, 1.82) is 0 Å². The van der Waals surface area contributed by atoms with Crippen LogP contribution in [0.3, 0.4) is 0 Å². The van der Waals surface area contributed by atoms with Gasteiger partial charge in [0, 0.05) is 24.8 Å². The first-order valence-corrected chi connectivity index (χ1v) is 13.3. The minimum absolute atomic E-state index is 0.178. The van der Waals surface area contributed by atoms with Crippen molar-refractivity contribution in [3.8, 4) is 10.6 Å². The second kappa shape index (κ2) is 9.93. The lowest BCUT2D eigenvalue weighted by Crippen LogP contribution is -2.36. The highest BCUT2D eigenvalue weighted by Crippen LogP contribution is 2.39. The Morgan fingerprint density at radius 3 is 2.66 bits per heavy atom. The van der Waals surface area contributed by atoms with Gasteiger partial charge in [-0.15, -0.1) is 11.3 Å². The average Bonchev–Trinajstić information content (AvgIpc) is 3.54. The van der Waals surface area contributed by atoms with E-state index in [4.69, 9.17) is 15.0 Å². The van der Waals surface area contributed by atoms with E-state index in [1.807, 2.05) is 19.2 Å². The van der Waals surface area contributed by atoms with Crippen LogP contribution in [-0.2, 0) is 6.42 Å². The Hall–Kier alpha value is -2.40. The zero-order valence-corrected chi connectivity index (χ0v) is 21.2. The van der Waals surface area contributed by atoms with Crippen LogP contribution in [0.25, 0.3) is 20.8 Å². The van der Waals surface area contributed by atoms with Gasteiger partial charge in [0.05, 0.1) is 33.8 Å². The van der Waals surface area contributed by atoms with E-state index in [9.17, 15) is 15.3 Å². The molecule has 0 aromatic carbocycles. The number of anilines is 2. The van der Waals surface area contributed by atoms with Gasteiger partial charge in [-0.3, -0.25) is 4.98 Å². The molecule has 35 heavy (non-hydrogen) atoms. The summed E-state index contributed by atoms with van der Waals surface area (Å²) in [6, 6.07) is 1.81. The van der Waals surface area contributed by atoms with Crippen LogP contribution >= 0.6 is 11.3 Å². The Balaban J connectivity index is 1.55. The van der Waals surface area contributed by atoms with Crippen LogP contribution in [0.5, 0.6) is 0 Å². The molecule has 0 aliphatic heterocycles. The highest BCUT2D eigenvalue weighted by atomic mass is 32.1. The molecule has 3 heterocycles. The number of pyridine rings is 1. The summed E-state index contributed by atoms with van der Waals surface area (Å²) in [5.74, 6) is 1.36. The van der Waals surface area contributed by atoms with Gasteiger partial charge in [0.15, 0.2) is 0 Å². The second-order valence-corrected chi connectivity index (χ2v) is 10.9. The van der Waals surface area contributed by atoms with E-state index in [2.05, 4.69) is 29.5 Å². The number of aryl methyl sites for hydroxylation is 2. The molecule has 3 aromatic heterocycles. The summed E-state index contributed by atoms with van der Waals surface area (Å²) >= 11 is 1.57. The van der Waals surface area contributed by atoms with Crippen molar-refractivity contribution in [2.75, 3.05) is 17.2 Å². The van der Waals surface area contributed by atoms with Gasteiger partial charge in [-0.25, -0.2) is 9.97 Å². The van der Waals surface area contributed by atoms with Crippen molar-refractivity contribution >= 4 is 33.3 Å². The zero-order chi connectivity index (χ0) is 24.7. The van der Waals surface area contributed by atoms with Crippen LogP contribution in [-0.4, -0.2) is 66.2 Å². The Morgan fingerprint density at radius 1 is 1.17 bits per heavy atom. The fraction of sp³-hybridized carbons (Fsp3) is 0.600. The van der Waals surface area contributed by atoms with Crippen LogP contribution in [0.1, 0.15) is 50.9 Å². The number of rotatable bonds is 9. The lowest BCUT2D eigenvalue weighted by molar-refractivity contribution is 0.00446. The molecular weight excluding hydrogens is 464 g/mol. The summed E-state index contributed by atoms with van der Waals surface area (Å²) in [7, 11) is 0. The molecule has 10 heteroatoms. The molecule has 5 N–H and O–H groups in total. The molecular formula is C25H34N6O3S. The summed E-state index contributed by atoms with van der Waals surface area (Å²) < 4.78 is 1.06. The Labute approximate surface area is 209 Å². The van der Waals surface area contributed by atoms with E-state index in [1.165, 1.54) is 12.8 Å². The highest BCUT2D eigenvalue weighted by molar-refractivity contribution is 7.21. The molecule has 0 unspecified atom stereocenters. The third kappa shape index (κ3) is 4.84. The van der Waals surface area contributed by atoms with E-state index >= 15 is 0 Å². The van der Waals surface area contributed by atoms with E-state index < -0.39 is 18.2 Å². The van der Waals surface area contributed by atoms with Gasteiger partial charge in [-0.05, 0) is 51.5 Å². The lowest BCUT2D eigenvalue weighted by Gasteiger charge is -2.22. The summed E-state index contributed by atoms with van der Waals surface area (Å²) in [4.78, 5) is 19.1. The number of aliphatic hydroxyl groups excluding tert-OH is 3. The van der Waals surface area contributed by atoms with Crippen LogP contribution in [0.2, 0.25) is 0 Å². The number of aliphatic hydroxyl groups is 3. The number of nitrogens with zero attached hydrogens (tertiary/aromatic N) is 4. The van der Waals surface area contributed by atoms with Crippen molar-refractivity contribution in [2.24, 2.45) is 11.8 Å². The molecule has 3 aromatic rings. The molecule has 9 nitrogen and oxygen atoms in total. The summed E-state index contributed by atoms with van der Waals surface area (Å²) in [5, 5.41) is 38.2. The number of nitrogens with one attached hydrogen (secondary N) is 2. The van der Waals surface area contributed by atoms with Crippen molar-refractivity contribution in [3.05, 3.63) is 23.7 Å². The van der Waals surface area contributed by atoms with E-state index in [1.54, 1.807) is 11.3 Å². The molecule has 0 spiro atoms. The standard InChI is InChI=1S/C25H34N6O3S/c1-4-5-16-20-18(8-9-26-16)35-24(30-20)19-13(3)28-25(27-12(2)14-6-7-14)31-23(19)29-17-10-15(11-32)21(33)22(17)34/h8-9,12,14-15,17,21-22,32-34H,4-7,10-11H2,1-3H3,(H2,27,28,29,31)/t12-,15-,17-,21-,22+/m1/s1. The first kappa shape index (κ1) is 24.3. The molecule has 0 radical (unpaired) electrons. The van der Waals surface area contributed by atoms with E-state index in [0.717, 1.165) is 45.0 Å². The first-order valence-electron chi connectivity index (χ1n) is 12.5. The number of hydrogen-bond acceptors (Lipinski definition) is 10. The largest absolute Gasteiger partial charge is 0.396 e. The quantitative estimate of drug-likeness (QED) is 0.301. The number of hydrogen-bond donors (Lipinski definition) is 5. The molecule has 2 aliphatic rings. The molecule has 188 valence electrons. The van der Waals surface area contributed by atoms with Gasteiger partial charge < -0.3 is 26.0 Å². The molecule has 0 bridgehead atoms. The van der Waals surface area contributed by atoms with E-state index in [0.29, 0.717) is 24.1 Å².